The van der Waals surface area contributed by atoms with E-state index in [0.29, 0.717) is 24.8 Å². The van der Waals surface area contributed by atoms with Crippen molar-refractivity contribution < 1.29 is 9.84 Å². The van der Waals surface area contributed by atoms with E-state index in [2.05, 4.69) is 21.8 Å². The van der Waals surface area contributed by atoms with Gasteiger partial charge in [0.25, 0.3) is 0 Å². The topological polar surface area (TPSA) is 59.3 Å². The standard InChI is InChI=1S/C15H20ClN3O2/c1-10(17-6-15(7-20)8-21-9-15)14-18-12-4-3-11(16)5-13(12)19(14)2/h3-5,10,17,20H,6-9H2,1-2H3. The van der Waals surface area contributed by atoms with Gasteiger partial charge < -0.3 is 19.7 Å². The van der Waals surface area contributed by atoms with Gasteiger partial charge in [0.2, 0.25) is 0 Å². The van der Waals surface area contributed by atoms with E-state index in [1.165, 1.54) is 0 Å². The van der Waals surface area contributed by atoms with Gasteiger partial charge in [-0.2, -0.15) is 0 Å². The second-order valence-corrected chi connectivity index (χ2v) is 6.35. The molecule has 114 valence electrons. The molecule has 1 aliphatic heterocycles. The fourth-order valence-electron chi connectivity index (χ4n) is 2.67. The van der Waals surface area contributed by atoms with Crippen molar-refractivity contribution in [2.75, 3.05) is 26.4 Å². The summed E-state index contributed by atoms with van der Waals surface area (Å²) in [6.45, 7) is 4.16. The van der Waals surface area contributed by atoms with E-state index in [9.17, 15) is 5.11 Å². The minimum atomic E-state index is -0.137. The third-order valence-electron chi connectivity index (χ3n) is 4.20. The predicted molar refractivity (Wildman–Crippen MR) is 82.5 cm³/mol. The molecule has 1 atom stereocenters. The number of aliphatic hydroxyl groups is 1. The first kappa shape index (κ1) is 14.8. The third-order valence-corrected chi connectivity index (χ3v) is 4.44. The van der Waals surface area contributed by atoms with Gasteiger partial charge in [-0.05, 0) is 25.1 Å². The van der Waals surface area contributed by atoms with Gasteiger partial charge >= 0.3 is 0 Å². The number of fused-ring (bicyclic) bond motifs is 1. The molecule has 6 heteroatoms. The Balaban J connectivity index is 1.78. The zero-order valence-electron chi connectivity index (χ0n) is 12.3. The van der Waals surface area contributed by atoms with Crippen LogP contribution in [0.4, 0.5) is 0 Å². The van der Waals surface area contributed by atoms with Crippen LogP contribution < -0.4 is 5.32 Å². The number of halogens is 1. The molecule has 0 amide bonds. The number of nitrogens with one attached hydrogen (secondary N) is 1. The largest absolute Gasteiger partial charge is 0.396 e. The Labute approximate surface area is 128 Å². The molecule has 2 heterocycles. The Hall–Kier alpha value is -1.14. The number of hydrogen-bond donors (Lipinski definition) is 2. The van der Waals surface area contributed by atoms with Crippen LogP contribution in [0.15, 0.2) is 18.2 Å². The van der Waals surface area contributed by atoms with E-state index < -0.39 is 0 Å². The van der Waals surface area contributed by atoms with E-state index >= 15 is 0 Å². The lowest BCUT2D eigenvalue weighted by Gasteiger charge is -2.40. The molecule has 2 aromatic rings. The number of imidazole rings is 1. The van der Waals surface area contributed by atoms with Gasteiger partial charge in [0, 0.05) is 18.6 Å². The zero-order chi connectivity index (χ0) is 15.0. The number of benzene rings is 1. The zero-order valence-corrected chi connectivity index (χ0v) is 13.0. The Morgan fingerprint density at radius 1 is 1.52 bits per heavy atom. The fraction of sp³-hybridized carbons (Fsp3) is 0.533. The van der Waals surface area contributed by atoms with E-state index in [1.54, 1.807) is 0 Å². The van der Waals surface area contributed by atoms with Crippen molar-refractivity contribution in [3.05, 3.63) is 29.0 Å². The predicted octanol–water partition coefficient (Wildman–Crippen LogP) is 1.89. The molecule has 5 nitrogen and oxygen atoms in total. The molecular weight excluding hydrogens is 290 g/mol. The summed E-state index contributed by atoms with van der Waals surface area (Å²) in [6.07, 6.45) is 0. The Kier molecular flexibility index (Phi) is 3.92. The van der Waals surface area contributed by atoms with Gasteiger partial charge in [-0.15, -0.1) is 0 Å². The van der Waals surface area contributed by atoms with Crippen molar-refractivity contribution in [2.45, 2.75) is 13.0 Å². The lowest BCUT2D eigenvalue weighted by atomic mass is 9.87. The highest BCUT2D eigenvalue weighted by molar-refractivity contribution is 6.31. The summed E-state index contributed by atoms with van der Waals surface area (Å²) in [7, 11) is 1.99. The maximum atomic E-state index is 9.46. The average molecular weight is 310 g/mol. The average Bonchev–Trinajstić information content (AvgIpc) is 2.75. The number of rotatable bonds is 5. The van der Waals surface area contributed by atoms with E-state index in [4.69, 9.17) is 16.3 Å². The second-order valence-electron chi connectivity index (χ2n) is 5.92. The number of aryl methyl sites for hydroxylation is 1. The maximum absolute atomic E-state index is 9.46. The minimum absolute atomic E-state index is 0.0881. The summed E-state index contributed by atoms with van der Waals surface area (Å²) in [4.78, 5) is 4.67. The summed E-state index contributed by atoms with van der Waals surface area (Å²) < 4.78 is 7.27. The molecule has 1 aromatic heterocycles. The number of aliphatic hydroxyl groups excluding tert-OH is 1. The molecule has 1 aromatic carbocycles. The van der Waals surface area contributed by atoms with Gasteiger partial charge in [-0.3, -0.25) is 0 Å². The summed E-state index contributed by atoms with van der Waals surface area (Å²) >= 11 is 6.05. The normalized spacial score (nSPS) is 18.7. The van der Waals surface area contributed by atoms with Crippen LogP contribution in [0.3, 0.4) is 0 Å². The molecule has 1 aliphatic rings. The fourth-order valence-corrected chi connectivity index (χ4v) is 2.84. The molecule has 0 aliphatic carbocycles. The van der Waals surface area contributed by atoms with E-state index in [0.717, 1.165) is 16.9 Å². The summed E-state index contributed by atoms with van der Waals surface area (Å²) in [5.41, 5.74) is 1.83. The summed E-state index contributed by atoms with van der Waals surface area (Å²) in [5, 5.41) is 13.6. The Morgan fingerprint density at radius 2 is 2.29 bits per heavy atom. The molecule has 1 saturated heterocycles. The van der Waals surface area contributed by atoms with Crippen molar-refractivity contribution in [1.29, 1.82) is 0 Å². The first-order chi connectivity index (χ1) is 10.0. The highest BCUT2D eigenvalue weighted by atomic mass is 35.5. The first-order valence-corrected chi connectivity index (χ1v) is 7.46. The molecule has 1 unspecified atom stereocenters. The van der Waals surface area contributed by atoms with Gasteiger partial charge in [-0.25, -0.2) is 4.98 Å². The summed E-state index contributed by atoms with van der Waals surface area (Å²) in [5.74, 6) is 0.959. The quantitative estimate of drug-likeness (QED) is 0.885. The van der Waals surface area contributed by atoms with Crippen molar-refractivity contribution >= 4 is 22.6 Å². The number of ether oxygens (including phenoxy) is 1. The lowest BCUT2D eigenvalue weighted by Crippen LogP contribution is -2.52. The van der Waals surface area contributed by atoms with Crippen LogP contribution in [-0.4, -0.2) is 41.0 Å². The first-order valence-electron chi connectivity index (χ1n) is 7.08. The molecule has 21 heavy (non-hydrogen) atoms. The maximum Gasteiger partial charge on any atom is 0.126 e. The Bertz CT molecular complexity index is 646. The van der Waals surface area contributed by atoms with E-state index in [1.807, 2.05) is 25.2 Å². The highest BCUT2D eigenvalue weighted by Crippen LogP contribution is 2.27. The number of hydrogen-bond acceptors (Lipinski definition) is 4. The van der Waals surface area contributed by atoms with Gasteiger partial charge in [0.15, 0.2) is 0 Å². The van der Waals surface area contributed by atoms with Crippen molar-refractivity contribution in [2.24, 2.45) is 12.5 Å². The molecule has 0 bridgehead atoms. The highest BCUT2D eigenvalue weighted by Gasteiger charge is 2.38. The van der Waals surface area contributed by atoms with Crippen molar-refractivity contribution in [3.8, 4) is 0 Å². The number of aromatic nitrogens is 2. The van der Waals surface area contributed by atoms with Gasteiger partial charge in [-0.1, -0.05) is 11.6 Å². The molecule has 0 spiro atoms. The van der Waals surface area contributed by atoms with Crippen LogP contribution in [0.5, 0.6) is 0 Å². The van der Waals surface area contributed by atoms with Crippen LogP contribution in [0.25, 0.3) is 11.0 Å². The molecule has 0 radical (unpaired) electrons. The van der Waals surface area contributed by atoms with Gasteiger partial charge in [0.05, 0.1) is 42.3 Å². The Morgan fingerprint density at radius 3 is 2.90 bits per heavy atom. The second kappa shape index (κ2) is 5.57. The minimum Gasteiger partial charge on any atom is -0.396 e. The van der Waals surface area contributed by atoms with Crippen LogP contribution in [-0.2, 0) is 11.8 Å². The van der Waals surface area contributed by atoms with Crippen molar-refractivity contribution in [1.82, 2.24) is 14.9 Å². The van der Waals surface area contributed by atoms with E-state index in [-0.39, 0.29) is 18.1 Å². The monoisotopic (exact) mass is 309 g/mol. The third kappa shape index (κ3) is 2.66. The molecule has 2 N–H and O–H groups in total. The lowest BCUT2D eigenvalue weighted by molar-refractivity contribution is -0.135. The smallest absolute Gasteiger partial charge is 0.126 e. The van der Waals surface area contributed by atoms with Crippen LogP contribution in [0.1, 0.15) is 18.8 Å². The molecular formula is C15H20ClN3O2. The molecule has 3 rings (SSSR count). The SMILES string of the molecule is CC(NCC1(CO)COC1)c1nc2ccc(Cl)cc2n1C. The van der Waals surface area contributed by atoms with Crippen molar-refractivity contribution in [3.63, 3.8) is 0 Å². The van der Waals surface area contributed by atoms with Crippen LogP contribution >= 0.6 is 11.6 Å². The molecule has 0 saturated carbocycles. The molecule has 1 fully saturated rings. The number of nitrogens with zero attached hydrogens (tertiary/aromatic N) is 2. The van der Waals surface area contributed by atoms with Crippen LogP contribution in [0.2, 0.25) is 5.02 Å². The van der Waals surface area contributed by atoms with Crippen LogP contribution in [0, 0.1) is 5.41 Å². The summed E-state index contributed by atoms with van der Waals surface area (Å²) in [6, 6.07) is 5.80. The van der Waals surface area contributed by atoms with Gasteiger partial charge in [0.1, 0.15) is 5.82 Å².